The first-order valence-corrected chi connectivity index (χ1v) is 26.9. The van der Waals surface area contributed by atoms with Crippen LogP contribution in [0, 0.1) is 27.0 Å². The van der Waals surface area contributed by atoms with E-state index in [1.807, 2.05) is 68.8 Å². The summed E-state index contributed by atoms with van der Waals surface area (Å²) in [5.74, 6) is 1.30. The molecule has 66 heavy (non-hydrogen) atoms. The first-order valence-electron chi connectivity index (χ1n) is 23.2. The van der Waals surface area contributed by atoms with Gasteiger partial charge in [-0.2, -0.15) is 0 Å². The number of hydrogen-bond donors (Lipinski definition) is 5. The molecule has 5 N–H and O–H groups in total. The number of benzene rings is 2. The van der Waals surface area contributed by atoms with Crippen molar-refractivity contribution >= 4 is 53.2 Å². The average Bonchev–Trinajstić information content (AvgIpc) is 4.13. The number of aromatic nitrogens is 6. The standard InChI is InChI=1S/C28H40N6O2Si.C22H26N6O/c1-20-17-31-28(32-25-9-7-8-24(25)30-12-13-35-3)33-27(20)23-18-34(19-36-14-15-37(4,5)6)26-16-21(29-2)10-11-22(23)26;1-14-12-26-22(27-19-6-4-5-18(19)24-9-10-29-3)28-21(14)17-13-25-20-11-15(23-2)7-8-16(17)20/h10-11,16-18,24-25,30H,7-9,12-15,19H2,1,3-6H3,(H,31,32,33);7-8,11-13,18-19,24-25H,4-6,9-10H2,1,3H3,(H,26,27,28)/t24-,25-;18-,19-/m00/s1. The van der Waals surface area contributed by atoms with Crippen molar-refractivity contribution in [3.05, 3.63) is 95.1 Å². The summed E-state index contributed by atoms with van der Waals surface area (Å²) in [5.41, 5.74) is 9.08. The van der Waals surface area contributed by atoms with Gasteiger partial charge in [-0.05, 0) is 81.7 Å². The van der Waals surface area contributed by atoms with E-state index >= 15 is 0 Å². The predicted octanol–water partition coefficient (Wildman–Crippen LogP) is 9.89. The summed E-state index contributed by atoms with van der Waals surface area (Å²) in [7, 11) is 2.29. The van der Waals surface area contributed by atoms with Crippen molar-refractivity contribution < 1.29 is 14.2 Å². The van der Waals surface area contributed by atoms with Crippen LogP contribution in [0.1, 0.15) is 49.7 Å². The van der Waals surface area contributed by atoms with Gasteiger partial charge in [-0.25, -0.2) is 29.6 Å². The first kappa shape index (κ1) is 48.2. The maximum absolute atomic E-state index is 7.48. The Balaban J connectivity index is 0.000000202. The molecular formula is C50H66N12O3Si. The smallest absolute Gasteiger partial charge is 0.223 e. The van der Waals surface area contributed by atoms with Gasteiger partial charge in [-0.1, -0.05) is 43.9 Å². The molecule has 8 rings (SSSR count). The molecule has 2 aliphatic carbocycles. The van der Waals surface area contributed by atoms with Crippen LogP contribution in [-0.2, 0) is 20.9 Å². The fourth-order valence-corrected chi connectivity index (χ4v) is 9.67. The molecule has 2 saturated carbocycles. The SMILES string of the molecule is [C-]#[N+]c1ccc2c(-c3nc(N[C@H]4CCC[C@@H]4NCCOC)ncc3C)c[nH]c2c1.[C-]#[N+]c1ccc2c(-c3nc(N[C@H]4CCC[C@@H]4NCCOC)ncc3C)cn(COCC[Si](C)(C)C)c2c1. The molecule has 348 valence electrons. The molecule has 6 aromatic rings. The zero-order valence-electron chi connectivity index (χ0n) is 39.6. The lowest BCUT2D eigenvalue weighted by Crippen LogP contribution is -2.41. The second-order valence-electron chi connectivity index (χ2n) is 18.6. The Kier molecular flexibility index (Phi) is 16.5. The minimum Gasteiger partial charge on any atom is -0.383 e. The molecule has 0 bridgehead atoms. The van der Waals surface area contributed by atoms with Gasteiger partial charge in [0.1, 0.15) is 6.73 Å². The third-order valence-electron chi connectivity index (χ3n) is 12.6. The van der Waals surface area contributed by atoms with E-state index in [0.29, 0.717) is 61.3 Å². The highest BCUT2D eigenvalue weighted by Gasteiger charge is 2.29. The van der Waals surface area contributed by atoms with Crippen molar-refractivity contribution in [3.63, 3.8) is 0 Å². The maximum atomic E-state index is 7.48. The highest BCUT2D eigenvalue weighted by atomic mass is 28.3. The molecule has 16 heteroatoms. The highest BCUT2D eigenvalue weighted by molar-refractivity contribution is 6.76. The molecule has 2 aromatic carbocycles. The number of H-pyrrole nitrogens is 1. The maximum Gasteiger partial charge on any atom is 0.223 e. The number of methoxy groups -OCH3 is 2. The van der Waals surface area contributed by atoms with Crippen molar-refractivity contribution in [3.8, 4) is 22.5 Å². The third-order valence-corrected chi connectivity index (χ3v) is 14.3. The van der Waals surface area contributed by atoms with Crippen LogP contribution in [0.2, 0.25) is 25.7 Å². The largest absolute Gasteiger partial charge is 0.383 e. The highest BCUT2D eigenvalue weighted by Crippen LogP contribution is 2.35. The summed E-state index contributed by atoms with van der Waals surface area (Å²) in [6, 6.07) is 14.0. The Morgan fingerprint density at radius 1 is 0.727 bits per heavy atom. The summed E-state index contributed by atoms with van der Waals surface area (Å²) in [6.07, 6.45) is 14.7. The zero-order chi connectivity index (χ0) is 46.6. The number of fused-ring (bicyclic) bond motifs is 2. The number of aromatic amines is 1. The molecule has 15 nitrogen and oxygen atoms in total. The van der Waals surface area contributed by atoms with E-state index in [1.54, 1.807) is 14.2 Å². The second kappa shape index (κ2) is 22.6. The molecule has 0 saturated heterocycles. The van der Waals surface area contributed by atoms with Crippen molar-refractivity contribution in [1.82, 2.24) is 40.1 Å². The summed E-state index contributed by atoms with van der Waals surface area (Å²) < 4.78 is 18.5. The number of hydrogen-bond acceptors (Lipinski definition) is 11. The van der Waals surface area contributed by atoms with Gasteiger partial charge >= 0.3 is 0 Å². The molecule has 4 aromatic heterocycles. The van der Waals surface area contributed by atoms with Gasteiger partial charge < -0.3 is 45.0 Å². The van der Waals surface area contributed by atoms with Crippen molar-refractivity contribution in [1.29, 1.82) is 0 Å². The minimum atomic E-state index is -1.16. The predicted molar refractivity (Wildman–Crippen MR) is 268 cm³/mol. The Bertz CT molecular complexity index is 2640. The minimum absolute atomic E-state index is 0.287. The number of ether oxygens (including phenoxy) is 3. The molecule has 2 fully saturated rings. The lowest BCUT2D eigenvalue weighted by molar-refractivity contribution is 0.0903. The lowest BCUT2D eigenvalue weighted by Gasteiger charge is -2.22. The topological polar surface area (TPSA) is 157 Å². The van der Waals surface area contributed by atoms with Crippen LogP contribution in [0.3, 0.4) is 0 Å². The van der Waals surface area contributed by atoms with E-state index in [4.69, 9.17) is 37.3 Å². The van der Waals surface area contributed by atoms with Gasteiger partial charge in [-0.3, -0.25) is 0 Å². The van der Waals surface area contributed by atoms with Gasteiger partial charge in [0.15, 0.2) is 11.4 Å². The Labute approximate surface area is 390 Å². The molecule has 0 aliphatic heterocycles. The second-order valence-corrected chi connectivity index (χ2v) is 24.3. The summed E-state index contributed by atoms with van der Waals surface area (Å²) in [5, 5.41) is 16.4. The van der Waals surface area contributed by atoms with E-state index in [1.165, 1.54) is 12.8 Å². The van der Waals surface area contributed by atoms with Gasteiger partial charge in [0.05, 0.1) is 37.7 Å². The number of nitrogens with zero attached hydrogens (tertiary/aromatic N) is 7. The van der Waals surface area contributed by atoms with Gasteiger partial charge in [-0.15, -0.1) is 0 Å². The normalized spacial score (nSPS) is 18.3. The van der Waals surface area contributed by atoms with Crippen molar-refractivity contribution in [2.24, 2.45) is 0 Å². The average molecular weight is 911 g/mol. The van der Waals surface area contributed by atoms with Gasteiger partial charge in [0.25, 0.3) is 0 Å². The molecule has 4 heterocycles. The van der Waals surface area contributed by atoms with Crippen molar-refractivity contribution in [2.75, 3.05) is 57.8 Å². The fraction of sp³-hybridized carbons (Fsp3) is 0.480. The monoisotopic (exact) mass is 911 g/mol. The van der Waals surface area contributed by atoms with Crippen LogP contribution < -0.4 is 21.3 Å². The van der Waals surface area contributed by atoms with Crippen LogP contribution in [0.4, 0.5) is 23.3 Å². The third kappa shape index (κ3) is 12.2. The molecule has 0 unspecified atom stereocenters. The van der Waals surface area contributed by atoms with E-state index in [-0.39, 0.29) is 6.04 Å². The molecule has 4 atom stereocenters. The Morgan fingerprint density at radius 3 is 1.83 bits per heavy atom. The van der Waals surface area contributed by atoms with Crippen LogP contribution >= 0.6 is 0 Å². The van der Waals surface area contributed by atoms with E-state index < -0.39 is 8.07 Å². The van der Waals surface area contributed by atoms with Gasteiger partial charge in [0.2, 0.25) is 11.9 Å². The number of anilines is 2. The number of rotatable bonds is 19. The van der Waals surface area contributed by atoms with Crippen LogP contribution in [0.15, 0.2) is 61.2 Å². The quantitative estimate of drug-likeness (QED) is 0.0300. The Hall–Kier alpha value is -5.72. The first-order chi connectivity index (χ1) is 32.0. The molecular weight excluding hydrogens is 845 g/mol. The molecule has 2 aliphatic rings. The molecule has 0 spiro atoms. The molecule has 0 radical (unpaired) electrons. The van der Waals surface area contributed by atoms with E-state index in [2.05, 4.69) is 76.3 Å². The summed E-state index contributed by atoms with van der Waals surface area (Å²) in [4.78, 5) is 29.4. The van der Waals surface area contributed by atoms with Gasteiger partial charge in [0, 0.05) is 124 Å². The fourth-order valence-electron chi connectivity index (χ4n) is 8.91. The van der Waals surface area contributed by atoms with Crippen LogP contribution in [0.25, 0.3) is 54.0 Å². The summed E-state index contributed by atoms with van der Waals surface area (Å²) >= 11 is 0. The van der Waals surface area contributed by atoms with Crippen LogP contribution in [-0.4, -0.2) is 109 Å². The van der Waals surface area contributed by atoms with E-state index in [9.17, 15) is 0 Å². The zero-order valence-corrected chi connectivity index (χ0v) is 40.6. The summed E-state index contributed by atoms with van der Waals surface area (Å²) in [6.45, 7) is 30.1. The Morgan fingerprint density at radius 2 is 1.27 bits per heavy atom. The molecule has 0 amide bonds. The van der Waals surface area contributed by atoms with Crippen LogP contribution in [0.5, 0.6) is 0 Å². The number of nitrogens with one attached hydrogen (secondary N) is 5. The lowest BCUT2D eigenvalue weighted by atomic mass is 10.1. The van der Waals surface area contributed by atoms with Crippen molar-refractivity contribution in [2.45, 2.75) is 109 Å². The number of aryl methyl sites for hydroxylation is 2. The van der Waals surface area contributed by atoms with E-state index in [0.717, 1.165) is 107 Å².